The van der Waals surface area contributed by atoms with Crippen molar-refractivity contribution in [2.75, 3.05) is 32.5 Å². The average molecular weight is 400 g/mol. The van der Waals surface area contributed by atoms with Gasteiger partial charge in [-0.15, -0.1) is 11.8 Å². The zero-order valence-corrected chi connectivity index (χ0v) is 17.2. The number of methoxy groups -OCH3 is 1. The van der Waals surface area contributed by atoms with Gasteiger partial charge in [0.15, 0.2) is 6.54 Å². The Kier molecular flexibility index (Phi) is 7.12. The number of hydrogen-bond donors (Lipinski definition) is 1. The van der Waals surface area contributed by atoms with E-state index in [-0.39, 0.29) is 23.2 Å². The van der Waals surface area contributed by atoms with Crippen LogP contribution in [0.1, 0.15) is 22.7 Å². The predicted molar refractivity (Wildman–Crippen MR) is 111 cm³/mol. The number of aryl methyl sites for hydroxylation is 1. The van der Waals surface area contributed by atoms with E-state index in [1.165, 1.54) is 23.8 Å². The number of carbonyl (C=O) groups excluding carboxylic acids is 2. The normalized spacial score (nSPS) is 17.8. The highest BCUT2D eigenvalue weighted by molar-refractivity contribution is 8.00. The molecule has 1 heterocycles. The third kappa shape index (κ3) is 5.14. The Morgan fingerprint density at radius 1 is 1.14 bits per heavy atom. The van der Waals surface area contributed by atoms with Gasteiger partial charge in [0.1, 0.15) is 11.3 Å². The summed E-state index contributed by atoms with van der Waals surface area (Å²) in [6, 6.07) is 18.7. The topological polar surface area (TPSA) is 63.2 Å². The Morgan fingerprint density at radius 2 is 1.82 bits per heavy atom. The quantitative estimate of drug-likeness (QED) is 0.752. The molecular weight excluding hydrogens is 372 g/mol. The van der Waals surface area contributed by atoms with Crippen molar-refractivity contribution in [2.45, 2.75) is 18.2 Å². The highest BCUT2D eigenvalue weighted by atomic mass is 32.2. The average Bonchev–Trinajstić information content (AvgIpc) is 2.75. The molecule has 0 unspecified atom stereocenters. The minimum absolute atomic E-state index is 0.0568. The first-order valence-electron chi connectivity index (χ1n) is 9.50. The van der Waals surface area contributed by atoms with E-state index in [1.807, 2.05) is 18.2 Å². The van der Waals surface area contributed by atoms with E-state index in [2.05, 4.69) is 48.6 Å². The zero-order chi connectivity index (χ0) is 19.9. The lowest BCUT2D eigenvalue weighted by atomic mass is 9.98. The number of nitrogens with two attached hydrogens (primary N) is 1. The number of carbonyl (C=O) groups is 2. The standard InChI is InChI=1S/C22H26N2O3S/c1-16-8-10-18(11-9-16)21(17-6-4-3-5-7-17)23-14-20(25)24-12-13-28-19(15-24)22(26)27-2/h3-11,19,21,23H,12-15H2,1-2H3/p+1/t19-,21-/m1/s1. The molecule has 1 saturated heterocycles. The maximum atomic E-state index is 12.8. The number of rotatable bonds is 6. The van der Waals surface area contributed by atoms with Gasteiger partial charge in [0, 0.05) is 30.0 Å². The van der Waals surface area contributed by atoms with Crippen LogP contribution >= 0.6 is 11.8 Å². The first kappa shape index (κ1) is 20.4. The van der Waals surface area contributed by atoms with Gasteiger partial charge in [-0.05, 0) is 6.92 Å². The predicted octanol–water partition coefficient (Wildman–Crippen LogP) is 1.76. The molecule has 0 saturated carbocycles. The smallest absolute Gasteiger partial charge is 0.320 e. The summed E-state index contributed by atoms with van der Waals surface area (Å²) in [5, 5.41) is 1.79. The van der Waals surface area contributed by atoms with Gasteiger partial charge in [0.2, 0.25) is 0 Å². The van der Waals surface area contributed by atoms with Crippen LogP contribution in [0.2, 0.25) is 0 Å². The molecule has 2 atom stereocenters. The largest absolute Gasteiger partial charge is 0.468 e. The van der Waals surface area contributed by atoms with Crippen LogP contribution in [-0.4, -0.2) is 54.5 Å². The molecule has 0 radical (unpaired) electrons. The second-order valence-electron chi connectivity index (χ2n) is 6.96. The molecule has 28 heavy (non-hydrogen) atoms. The van der Waals surface area contributed by atoms with Crippen molar-refractivity contribution in [3.8, 4) is 0 Å². The molecule has 0 aromatic heterocycles. The fraction of sp³-hybridized carbons (Fsp3) is 0.364. The minimum atomic E-state index is -0.287. The van der Waals surface area contributed by atoms with E-state index in [1.54, 1.807) is 16.7 Å². The van der Waals surface area contributed by atoms with E-state index in [4.69, 9.17) is 4.74 Å². The second-order valence-corrected chi connectivity index (χ2v) is 8.27. The minimum Gasteiger partial charge on any atom is -0.468 e. The molecule has 3 rings (SSSR count). The van der Waals surface area contributed by atoms with Crippen molar-refractivity contribution in [1.82, 2.24) is 4.90 Å². The van der Waals surface area contributed by atoms with E-state index in [0.717, 1.165) is 5.75 Å². The van der Waals surface area contributed by atoms with Crippen LogP contribution in [0.25, 0.3) is 0 Å². The molecule has 6 heteroatoms. The van der Waals surface area contributed by atoms with Crippen molar-refractivity contribution in [1.29, 1.82) is 0 Å². The monoisotopic (exact) mass is 399 g/mol. The van der Waals surface area contributed by atoms with Crippen molar-refractivity contribution in [3.63, 3.8) is 0 Å². The van der Waals surface area contributed by atoms with Crippen LogP contribution in [-0.2, 0) is 14.3 Å². The zero-order valence-electron chi connectivity index (χ0n) is 16.3. The van der Waals surface area contributed by atoms with Crippen molar-refractivity contribution in [2.24, 2.45) is 0 Å². The summed E-state index contributed by atoms with van der Waals surface area (Å²) in [6.45, 7) is 3.50. The Bertz CT molecular complexity index is 795. The van der Waals surface area contributed by atoms with Crippen LogP contribution < -0.4 is 5.32 Å². The number of hydrogen-bond acceptors (Lipinski definition) is 4. The van der Waals surface area contributed by atoms with E-state index in [0.29, 0.717) is 19.6 Å². The molecule has 2 N–H and O–H groups in total. The number of benzene rings is 2. The summed E-state index contributed by atoms with van der Waals surface area (Å²) in [6.07, 6.45) is 0. The molecule has 1 aliphatic heterocycles. The summed E-state index contributed by atoms with van der Waals surface area (Å²) in [7, 11) is 1.39. The third-order valence-corrected chi connectivity index (χ3v) is 6.17. The van der Waals surface area contributed by atoms with Gasteiger partial charge in [-0.3, -0.25) is 9.59 Å². The fourth-order valence-corrected chi connectivity index (χ4v) is 4.52. The van der Waals surface area contributed by atoms with Gasteiger partial charge in [-0.25, -0.2) is 0 Å². The molecule has 0 aliphatic carbocycles. The summed E-state index contributed by atoms with van der Waals surface area (Å²) >= 11 is 1.56. The van der Waals surface area contributed by atoms with E-state index < -0.39 is 0 Å². The highest BCUT2D eigenvalue weighted by Crippen LogP contribution is 2.20. The van der Waals surface area contributed by atoms with Crippen LogP contribution in [0.5, 0.6) is 0 Å². The van der Waals surface area contributed by atoms with Crippen LogP contribution in [0.15, 0.2) is 54.6 Å². The molecule has 2 aromatic rings. The molecule has 1 fully saturated rings. The van der Waals surface area contributed by atoms with Crippen molar-refractivity contribution >= 4 is 23.6 Å². The summed E-state index contributed by atoms with van der Waals surface area (Å²) < 4.78 is 4.84. The Balaban J connectivity index is 1.68. The number of thioether (sulfide) groups is 1. The molecule has 5 nitrogen and oxygen atoms in total. The van der Waals surface area contributed by atoms with Gasteiger partial charge in [-0.2, -0.15) is 0 Å². The molecule has 0 spiro atoms. The number of quaternary nitrogens is 1. The molecular formula is C22H27N2O3S+. The fourth-order valence-electron chi connectivity index (χ4n) is 3.40. The number of ether oxygens (including phenoxy) is 1. The van der Waals surface area contributed by atoms with Crippen molar-refractivity contribution < 1.29 is 19.6 Å². The number of amides is 1. The van der Waals surface area contributed by atoms with Crippen LogP contribution in [0, 0.1) is 6.92 Å². The maximum Gasteiger partial charge on any atom is 0.320 e. The third-order valence-electron chi connectivity index (χ3n) is 5.01. The van der Waals surface area contributed by atoms with Crippen LogP contribution in [0.4, 0.5) is 0 Å². The van der Waals surface area contributed by atoms with Crippen LogP contribution in [0.3, 0.4) is 0 Å². The second kappa shape index (κ2) is 9.75. The lowest BCUT2D eigenvalue weighted by Gasteiger charge is -2.30. The van der Waals surface area contributed by atoms with Gasteiger partial charge >= 0.3 is 5.97 Å². The maximum absolute atomic E-state index is 12.8. The Morgan fingerprint density at radius 3 is 2.50 bits per heavy atom. The summed E-state index contributed by atoms with van der Waals surface area (Å²) in [5.74, 6) is 0.557. The number of nitrogens with zero attached hydrogens (tertiary/aromatic N) is 1. The van der Waals surface area contributed by atoms with Gasteiger partial charge in [-0.1, -0.05) is 60.2 Å². The molecule has 1 aliphatic rings. The highest BCUT2D eigenvalue weighted by Gasteiger charge is 2.30. The lowest BCUT2D eigenvalue weighted by Crippen LogP contribution is -2.88. The number of esters is 1. The van der Waals surface area contributed by atoms with Crippen molar-refractivity contribution in [3.05, 3.63) is 71.3 Å². The summed E-state index contributed by atoms with van der Waals surface area (Å²) in [4.78, 5) is 26.4. The Labute approximate surface area is 170 Å². The van der Waals surface area contributed by atoms with E-state index >= 15 is 0 Å². The first-order chi connectivity index (χ1) is 13.6. The SMILES string of the molecule is COC(=O)[C@H]1CN(C(=O)C[NH2+][C@H](c2ccccc2)c2ccc(C)cc2)CCS1. The van der Waals surface area contributed by atoms with Gasteiger partial charge < -0.3 is 15.0 Å². The lowest BCUT2D eigenvalue weighted by molar-refractivity contribution is -0.677. The molecule has 148 valence electrons. The van der Waals surface area contributed by atoms with Gasteiger partial charge in [0.25, 0.3) is 5.91 Å². The Hall–Kier alpha value is -2.31. The molecule has 0 bridgehead atoms. The summed E-state index contributed by atoms with van der Waals surface area (Å²) in [5.41, 5.74) is 3.55. The molecule has 1 amide bonds. The molecule has 2 aromatic carbocycles. The van der Waals surface area contributed by atoms with E-state index in [9.17, 15) is 9.59 Å². The van der Waals surface area contributed by atoms with Gasteiger partial charge in [0.05, 0.1) is 7.11 Å². The first-order valence-corrected chi connectivity index (χ1v) is 10.6.